The highest BCUT2D eigenvalue weighted by atomic mass is 19.1. The molecule has 1 aromatic heterocycles. The number of halogens is 1. The maximum atomic E-state index is 14.1. The molecule has 4 rings (SSSR count). The van der Waals surface area contributed by atoms with Crippen molar-refractivity contribution in [2.75, 3.05) is 37.7 Å². The topological polar surface area (TPSA) is 59.3 Å². The Kier molecular flexibility index (Phi) is 5.63. The van der Waals surface area contributed by atoms with Crippen LogP contribution < -0.4 is 4.90 Å². The van der Waals surface area contributed by atoms with Gasteiger partial charge in [-0.1, -0.05) is 19.1 Å². The average molecular weight is 374 g/mol. The summed E-state index contributed by atoms with van der Waals surface area (Å²) in [5.74, 6) is 0.755. The molecule has 2 aliphatic rings. The molecule has 0 N–H and O–H groups in total. The summed E-state index contributed by atoms with van der Waals surface area (Å²) in [4.78, 5) is 4.53. The molecule has 146 valence electrons. The molecule has 3 heterocycles. The van der Waals surface area contributed by atoms with Crippen LogP contribution in [-0.2, 0) is 11.3 Å². The first kappa shape index (κ1) is 18.3. The third kappa shape index (κ3) is 3.96. The van der Waals surface area contributed by atoms with E-state index in [2.05, 4.69) is 32.2 Å². The largest absolute Gasteiger partial charge is 0.376 e. The van der Waals surface area contributed by atoms with E-state index in [0.717, 1.165) is 57.9 Å². The molecule has 0 aliphatic carbocycles. The van der Waals surface area contributed by atoms with E-state index in [1.807, 2.05) is 16.8 Å². The van der Waals surface area contributed by atoms with Gasteiger partial charge in [0.2, 0.25) is 0 Å². The Morgan fingerprint density at radius 2 is 2.04 bits per heavy atom. The normalized spacial score (nSPS) is 22.3. The van der Waals surface area contributed by atoms with E-state index in [9.17, 15) is 4.39 Å². The molecule has 0 amide bonds. The number of hydrogen-bond donors (Lipinski definition) is 0. The first-order chi connectivity index (χ1) is 13.3. The molecule has 7 nitrogen and oxygen atoms in total. The number of nitrogens with zero attached hydrogens (tertiary/aromatic N) is 6. The number of rotatable bonds is 6. The summed E-state index contributed by atoms with van der Waals surface area (Å²) in [6.45, 7) is 7.03. The zero-order valence-corrected chi connectivity index (χ0v) is 15.8. The first-order valence-electron chi connectivity index (χ1n) is 9.87. The van der Waals surface area contributed by atoms with E-state index in [0.29, 0.717) is 12.2 Å². The van der Waals surface area contributed by atoms with E-state index < -0.39 is 0 Å². The Morgan fingerprint density at radius 1 is 1.22 bits per heavy atom. The van der Waals surface area contributed by atoms with Crippen LogP contribution >= 0.6 is 0 Å². The number of benzene rings is 1. The number of tetrazole rings is 1. The summed E-state index contributed by atoms with van der Waals surface area (Å²) in [7, 11) is 0. The van der Waals surface area contributed by atoms with Crippen LogP contribution in [-0.4, -0.2) is 64.0 Å². The molecule has 0 unspecified atom stereocenters. The average Bonchev–Trinajstić information content (AvgIpc) is 3.37. The Balaban J connectivity index is 1.42. The van der Waals surface area contributed by atoms with Crippen LogP contribution in [0.25, 0.3) is 0 Å². The molecule has 2 aliphatic heterocycles. The Bertz CT molecular complexity index is 739. The minimum atomic E-state index is -0.154. The van der Waals surface area contributed by atoms with Gasteiger partial charge in [0, 0.05) is 32.8 Å². The van der Waals surface area contributed by atoms with Crippen molar-refractivity contribution in [3.05, 3.63) is 35.9 Å². The lowest BCUT2D eigenvalue weighted by Gasteiger charge is -2.39. The quantitative estimate of drug-likeness (QED) is 0.773. The predicted molar refractivity (Wildman–Crippen MR) is 100 cm³/mol. The van der Waals surface area contributed by atoms with Crippen molar-refractivity contribution in [1.82, 2.24) is 25.1 Å². The van der Waals surface area contributed by atoms with Crippen molar-refractivity contribution in [2.45, 2.75) is 44.9 Å². The number of aromatic nitrogens is 4. The minimum Gasteiger partial charge on any atom is -0.376 e. The summed E-state index contributed by atoms with van der Waals surface area (Å²) >= 11 is 0. The molecule has 0 spiro atoms. The van der Waals surface area contributed by atoms with Crippen molar-refractivity contribution >= 4 is 5.69 Å². The zero-order valence-electron chi connectivity index (χ0n) is 15.8. The van der Waals surface area contributed by atoms with Gasteiger partial charge in [0.15, 0.2) is 5.82 Å². The van der Waals surface area contributed by atoms with Gasteiger partial charge in [0.25, 0.3) is 0 Å². The SMILES string of the molecule is CC[C@@H](c1nnnn1C[C@@H]1CCCO1)N1CCN(c2ccccc2F)CC1. The van der Waals surface area contributed by atoms with Gasteiger partial charge in [-0.3, -0.25) is 4.90 Å². The smallest absolute Gasteiger partial charge is 0.168 e. The van der Waals surface area contributed by atoms with E-state index >= 15 is 0 Å². The van der Waals surface area contributed by atoms with Crippen molar-refractivity contribution in [1.29, 1.82) is 0 Å². The molecule has 0 bridgehead atoms. The summed E-state index contributed by atoms with van der Waals surface area (Å²) in [5, 5.41) is 12.5. The van der Waals surface area contributed by atoms with Gasteiger partial charge >= 0.3 is 0 Å². The maximum Gasteiger partial charge on any atom is 0.168 e. The van der Waals surface area contributed by atoms with E-state index in [-0.39, 0.29) is 18.0 Å². The predicted octanol–water partition coefficient (Wildman–Crippen LogP) is 2.26. The molecular weight excluding hydrogens is 347 g/mol. The van der Waals surface area contributed by atoms with Crippen LogP contribution in [0.1, 0.15) is 38.1 Å². The molecule has 27 heavy (non-hydrogen) atoms. The fourth-order valence-electron chi connectivity index (χ4n) is 4.15. The second kappa shape index (κ2) is 8.31. The zero-order chi connectivity index (χ0) is 18.6. The molecule has 2 aromatic rings. The molecule has 1 aromatic carbocycles. The number of para-hydroxylation sites is 1. The van der Waals surface area contributed by atoms with Crippen molar-refractivity contribution in [3.8, 4) is 0 Å². The lowest BCUT2D eigenvalue weighted by molar-refractivity contribution is 0.0894. The van der Waals surface area contributed by atoms with Crippen LogP contribution in [0.15, 0.2) is 24.3 Å². The van der Waals surface area contributed by atoms with Gasteiger partial charge in [0.1, 0.15) is 5.82 Å². The monoisotopic (exact) mass is 374 g/mol. The Morgan fingerprint density at radius 3 is 2.74 bits per heavy atom. The standard InChI is InChI=1S/C19H27FN6O/c1-2-17(19-21-22-23-26(19)14-15-6-5-13-27-15)24-9-11-25(12-10-24)18-8-4-3-7-16(18)20/h3-4,7-8,15,17H,2,5-6,9-14H2,1H3/t15-,17-/m0/s1. The highest BCUT2D eigenvalue weighted by molar-refractivity contribution is 5.48. The van der Waals surface area contributed by atoms with Crippen molar-refractivity contribution < 1.29 is 9.13 Å². The lowest BCUT2D eigenvalue weighted by atomic mass is 10.1. The third-order valence-electron chi connectivity index (χ3n) is 5.59. The molecule has 0 saturated carbocycles. The highest BCUT2D eigenvalue weighted by Gasteiger charge is 2.29. The first-order valence-corrected chi connectivity index (χ1v) is 9.87. The second-order valence-corrected chi connectivity index (χ2v) is 7.25. The number of ether oxygens (including phenoxy) is 1. The molecule has 2 saturated heterocycles. The summed E-state index contributed by atoms with van der Waals surface area (Å²) in [6, 6.07) is 7.17. The van der Waals surface area contributed by atoms with Gasteiger partial charge in [-0.15, -0.1) is 5.10 Å². The lowest BCUT2D eigenvalue weighted by Crippen LogP contribution is -2.48. The minimum absolute atomic E-state index is 0.154. The van der Waals surface area contributed by atoms with E-state index in [4.69, 9.17) is 4.74 Å². The highest BCUT2D eigenvalue weighted by Crippen LogP contribution is 2.27. The maximum absolute atomic E-state index is 14.1. The fraction of sp³-hybridized carbons (Fsp3) is 0.632. The molecule has 2 fully saturated rings. The van der Waals surface area contributed by atoms with E-state index in [1.165, 1.54) is 6.07 Å². The van der Waals surface area contributed by atoms with Crippen LogP contribution in [0, 0.1) is 5.82 Å². The number of anilines is 1. The van der Waals surface area contributed by atoms with Gasteiger partial charge in [0.05, 0.1) is 24.4 Å². The third-order valence-corrected chi connectivity index (χ3v) is 5.59. The molecule has 2 atom stereocenters. The van der Waals surface area contributed by atoms with Crippen LogP contribution in [0.5, 0.6) is 0 Å². The van der Waals surface area contributed by atoms with Gasteiger partial charge in [-0.2, -0.15) is 0 Å². The Labute approximate surface area is 159 Å². The van der Waals surface area contributed by atoms with E-state index in [1.54, 1.807) is 6.07 Å². The second-order valence-electron chi connectivity index (χ2n) is 7.25. The molecular formula is C19H27FN6O. The number of piperazine rings is 1. The van der Waals surface area contributed by atoms with Crippen LogP contribution in [0.2, 0.25) is 0 Å². The molecule has 0 radical (unpaired) electrons. The van der Waals surface area contributed by atoms with Gasteiger partial charge in [-0.05, 0) is 41.8 Å². The fourth-order valence-corrected chi connectivity index (χ4v) is 4.15. The van der Waals surface area contributed by atoms with Crippen molar-refractivity contribution in [3.63, 3.8) is 0 Å². The van der Waals surface area contributed by atoms with Gasteiger partial charge < -0.3 is 9.64 Å². The van der Waals surface area contributed by atoms with Crippen LogP contribution in [0.3, 0.4) is 0 Å². The summed E-state index contributed by atoms with van der Waals surface area (Å²) in [5.41, 5.74) is 0.688. The van der Waals surface area contributed by atoms with Crippen molar-refractivity contribution in [2.24, 2.45) is 0 Å². The number of hydrogen-bond acceptors (Lipinski definition) is 6. The molecule has 8 heteroatoms. The summed E-state index contributed by atoms with van der Waals surface area (Å²) < 4.78 is 21.7. The summed E-state index contributed by atoms with van der Waals surface area (Å²) in [6.07, 6.45) is 3.32. The van der Waals surface area contributed by atoms with Crippen LogP contribution in [0.4, 0.5) is 10.1 Å². The van der Waals surface area contributed by atoms with Gasteiger partial charge in [-0.25, -0.2) is 9.07 Å². The Hall–Kier alpha value is -2.06.